The highest BCUT2D eigenvalue weighted by Crippen LogP contribution is 2.31. The monoisotopic (exact) mass is 211 g/mol. The minimum Gasteiger partial charge on any atom is -0.354 e. The molecule has 0 bridgehead atoms. The molecule has 1 saturated carbocycles. The van der Waals surface area contributed by atoms with Crippen LogP contribution in [-0.4, -0.2) is 22.6 Å². The molecule has 0 saturated heterocycles. The SMILES string of the molecule is CCN(c1nc(Cl)ncc1C)C1CC1. The summed E-state index contributed by atoms with van der Waals surface area (Å²) in [4.78, 5) is 10.6. The zero-order chi connectivity index (χ0) is 10.1. The first kappa shape index (κ1) is 9.71. The molecule has 0 unspecified atom stereocenters. The van der Waals surface area contributed by atoms with Gasteiger partial charge in [-0.05, 0) is 38.3 Å². The van der Waals surface area contributed by atoms with E-state index in [0.29, 0.717) is 11.3 Å². The summed E-state index contributed by atoms with van der Waals surface area (Å²) < 4.78 is 0. The summed E-state index contributed by atoms with van der Waals surface area (Å²) in [6, 6.07) is 0.671. The number of hydrogen-bond acceptors (Lipinski definition) is 3. The van der Waals surface area contributed by atoms with Gasteiger partial charge in [0.2, 0.25) is 5.28 Å². The van der Waals surface area contributed by atoms with Crippen LogP contribution >= 0.6 is 11.6 Å². The Labute approximate surface area is 89.1 Å². The van der Waals surface area contributed by atoms with Gasteiger partial charge in [-0.3, -0.25) is 0 Å². The molecular formula is C10H14ClN3. The van der Waals surface area contributed by atoms with Crippen molar-refractivity contribution in [2.45, 2.75) is 32.7 Å². The maximum absolute atomic E-state index is 5.79. The molecule has 1 aliphatic carbocycles. The van der Waals surface area contributed by atoms with Gasteiger partial charge in [-0.25, -0.2) is 9.97 Å². The molecule has 1 fully saturated rings. The van der Waals surface area contributed by atoms with Crippen molar-refractivity contribution in [2.75, 3.05) is 11.4 Å². The van der Waals surface area contributed by atoms with Crippen LogP contribution in [0.3, 0.4) is 0 Å². The fourth-order valence-corrected chi connectivity index (χ4v) is 1.80. The van der Waals surface area contributed by atoms with Crippen LogP contribution in [0.5, 0.6) is 0 Å². The third-order valence-corrected chi connectivity index (χ3v) is 2.70. The third kappa shape index (κ3) is 1.82. The molecule has 3 nitrogen and oxygen atoms in total. The van der Waals surface area contributed by atoms with Crippen molar-refractivity contribution in [2.24, 2.45) is 0 Å². The molecule has 1 heterocycles. The number of aryl methyl sites for hydroxylation is 1. The van der Waals surface area contributed by atoms with E-state index in [1.165, 1.54) is 12.8 Å². The molecule has 2 rings (SSSR count). The highest BCUT2D eigenvalue weighted by atomic mass is 35.5. The Morgan fingerprint density at radius 1 is 1.57 bits per heavy atom. The molecule has 0 radical (unpaired) electrons. The second-order valence-electron chi connectivity index (χ2n) is 3.66. The summed E-state index contributed by atoms with van der Waals surface area (Å²) in [5.41, 5.74) is 1.10. The highest BCUT2D eigenvalue weighted by molar-refractivity contribution is 6.28. The molecule has 76 valence electrons. The summed E-state index contributed by atoms with van der Waals surface area (Å²) in [5.74, 6) is 0.995. The molecule has 0 aromatic carbocycles. The van der Waals surface area contributed by atoms with Gasteiger partial charge in [-0.1, -0.05) is 0 Å². The van der Waals surface area contributed by atoms with Crippen LogP contribution in [0.2, 0.25) is 5.28 Å². The lowest BCUT2D eigenvalue weighted by Gasteiger charge is -2.22. The quantitative estimate of drug-likeness (QED) is 0.720. The summed E-state index contributed by atoms with van der Waals surface area (Å²) >= 11 is 5.79. The second kappa shape index (κ2) is 3.73. The number of halogens is 1. The van der Waals surface area contributed by atoms with Crippen LogP contribution in [0.4, 0.5) is 5.82 Å². The summed E-state index contributed by atoms with van der Waals surface area (Å²) in [5, 5.41) is 0.338. The first-order valence-corrected chi connectivity index (χ1v) is 5.36. The summed E-state index contributed by atoms with van der Waals surface area (Å²) in [6.45, 7) is 5.16. The summed E-state index contributed by atoms with van der Waals surface area (Å²) in [6.07, 6.45) is 4.33. The molecule has 1 aliphatic rings. The normalized spacial score (nSPS) is 15.6. The van der Waals surface area contributed by atoms with Crippen LogP contribution in [-0.2, 0) is 0 Å². The van der Waals surface area contributed by atoms with Gasteiger partial charge in [0.05, 0.1) is 0 Å². The number of nitrogens with zero attached hydrogens (tertiary/aromatic N) is 3. The fourth-order valence-electron chi connectivity index (χ4n) is 1.67. The first-order valence-electron chi connectivity index (χ1n) is 4.98. The fraction of sp³-hybridized carbons (Fsp3) is 0.600. The topological polar surface area (TPSA) is 29.0 Å². The Kier molecular flexibility index (Phi) is 2.59. The molecule has 0 spiro atoms. The lowest BCUT2D eigenvalue weighted by atomic mass is 10.3. The average molecular weight is 212 g/mol. The molecule has 0 atom stereocenters. The predicted octanol–water partition coefficient (Wildman–Crippen LogP) is 2.43. The van der Waals surface area contributed by atoms with Crippen LogP contribution in [0, 0.1) is 6.92 Å². The third-order valence-electron chi connectivity index (χ3n) is 2.52. The van der Waals surface area contributed by atoms with Crippen molar-refractivity contribution < 1.29 is 0 Å². The molecule has 1 aromatic rings. The zero-order valence-corrected chi connectivity index (χ0v) is 9.25. The summed E-state index contributed by atoms with van der Waals surface area (Å²) in [7, 11) is 0. The maximum atomic E-state index is 5.79. The minimum absolute atomic E-state index is 0.338. The van der Waals surface area contributed by atoms with Crippen molar-refractivity contribution >= 4 is 17.4 Å². The average Bonchev–Trinajstić information content (AvgIpc) is 2.96. The van der Waals surface area contributed by atoms with Crippen molar-refractivity contribution in [3.63, 3.8) is 0 Å². The van der Waals surface area contributed by atoms with Gasteiger partial charge >= 0.3 is 0 Å². The first-order chi connectivity index (χ1) is 6.72. The Bertz CT molecular complexity index is 336. The number of rotatable bonds is 3. The zero-order valence-electron chi connectivity index (χ0n) is 8.50. The van der Waals surface area contributed by atoms with Crippen molar-refractivity contribution in [3.05, 3.63) is 17.0 Å². The Morgan fingerprint density at radius 3 is 2.86 bits per heavy atom. The smallest absolute Gasteiger partial charge is 0.224 e. The number of hydrogen-bond donors (Lipinski definition) is 0. The van der Waals surface area contributed by atoms with Crippen molar-refractivity contribution in [1.29, 1.82) is 0 Å². The molecule has 4 heteroatoms. The van der Waals surface area contributed by atoms with E-state index < -0.39 is 0 Å². The second-order valence-corrected chi connectivity index (χ2v) is 4.00. The maximum Gasteiger partial charge on any atom is 0.224 e. The molecule has 14 heavy (non-hydrogen) atoms. The largest absolute Gasteiger partial charge is 0.354 e. The Balaban J connectivity index is 2.32. The van der Waals surface area contributed by atoms with E-state index in [1.54, 1.807) is 6.20 Å². The van der Waals surface area contributed by atoms with E-state index in [9.17, 15) is 0 Å². The van der Waals surface area contributed by atoms with Crippen LogP contribution in [0.25, 0.3) is 0 Å². The lowest BCUT2D eigenvalue weighted by Crippen LogP contribution is -2.27. The van der Waals surface area contributed by atoms with Gasteiger partial charge in [0.1, 0.15) is 5.82 Å². The Hall–Kier alpha value is -0.830. The van der Waals surface area contributed by atoms with E-state index in [-0.39, 0.29) is 0 Å². The van der Waals surface area contributed by atoms with Gasteiger partial charge in [-0.2, -0.15) is 0 Å². The van der Waals surface area contributed by atoms with E-state index in [0.717, 1.165) is 17.9 Å². The molecular weight excluding hydrogens is 198 g/mol. The van der Waals surface area contributed by atoms with Gasteiger partial charge in [0, 0.05) is 24.3 Å². The van der Waals surface area contributed by atoms with Gasteiger partial charge in [-0.15, -0.1) is 0 Å². The van der Waals surface area contributed by atoms with Crippen LogP contribution < -0.4 is 4.90 Å². The van der Waals surface area contributed by atoms with E-state index in [4.69, 9.17) is 11.6 Å². The minimum atomic E-state index is 0.338. The van der Waals surface area contributed by atoms with Gasteiger partial charge < -0.3 is 4.90 Å². The molecule has 0 amide bonds. The van der Waals surface area contributed by atoms with E-state index in [2.05, 4.69) is 21.8 Å². The van der Waals surface area contributed by atoms with Crippen LogP contribution in [0.15, 0.2) is 6.20 Å². The molecule has 0 aliphatic heterocycles. The van der Waals surface area contributed by atoms with Crippen LogP contribution in [0.1, 0.15) is 25.3 Å². The van der Waals surface area contributed by atoms with Crippen molar-refractivity contribution in [3.8, 4) is 0 Å². The number of aromatic nitrogens is 2. The Morgan fingerprint density at radius 2 is 2.29 bits per heavy atom. The van der Waals surface area contributed by atoms with E-state index >= 15 is 0 Å². The van der Waals surface area contributed by atoms with Gasteiger partial charge in [0.15, 0.2) is 0 Å². The standard InChI is InChI=1S/C10H14ClN3/c1-3-14(8-4-5-8)9-7(2)6-12-10(11)13-9/h6,8H,3-5H2,1-2H3. The molecule has 1 aromatic heterocycles. The van der Waals surface area contributed by atoms with Gasteiger partial charge in [0.25, 0.3) is 0 Å². The van der Waals surface area contributed by atoms with E-state index in [1.807, 2.05) is 6.92 Å². The van der Waals surface area contributed by atoms with Crippen molar-refractivity contribution in [1.82, 2.24) is 9.97 Å². The highest BCUT2D eigenvalue weighted by Gasteiger charge is 2.29. The molecule has 0 N–H and O–H groups in total. The predicted molar refractivity (Wildman–Crippen MR) is 57.8 cm³/mol. The number of anilines is 1. The lowest BCUT2D eigenvalue weighted by molar-refractivity contribution is 0.799.